The van der Waals surface area contributed by atoms with Crippen LogP contribution in [0.1, 0.15) is 31.9 Å². The minimum Gasteiger partial charge on any atom is -0.388 e. The van der Waals surface area contributed by atoms with E-state index in [1.165, 1.54) is 18.5 Å². The second-order valence-electron chi connectivity index (χ2n) is 4.30. The first-order chi connectivity index (χ1) is 7.34. The van der Waals surface area contributed by atoms with Gasteiger partial charge in [-0.1, -0.05) is 13.0 Å². The molecule has 1 atom stereocenters. The summed E-state index contributed by atoms with van der Waals surface area (Å²) >= 11 is 0. The van der Waals surface area contributed by atoms with E-state index < -0.39 is 0 Å². The fourth-order valence-corrected chi connectivity index (χ4v) is 1.90. The molecule has 15 heavy (non-hydrogen) atoms. The van der Waals surface area contributed by atoms with Crippen molar-refractivity contribution in [2.75, 3.05) is 6.54 Å². The first kappa shape index (κ1) is 10.2. The number of nitrogens with one attached hydrogen (secondary N) is 1. The fourth-order valence-electron chi connectivity index (χ4n) is 1.90. The summed E-state index contributed by atoms with van der Waals surface area (Å²) < 4.78 is 0. The first-order valence-electron chi connectivity index (χ1n) is 5.70. The van der Waals surface area contributed by atoms with Gasteiger partial charge in [0.2, 0.25) is 0 Å². The molecule has 0 aliphatic carbocycles. The van der Waals surface area contributed by atoms with Gasteiger partial charge in [0.15, 0.2) is 0 Å². The van der Waals surface area contributed by atoms with Crippen molar-refractivity contribution in [3.8, 4) is 0 Å². The quantitative estimate of drug-likeness (QED) is 0.757. The number of hydrogen-bond acceptors (Lipinski definition) is 2. The van der Waals surface area contributed by atoms with Crippen LogP contribution in [0.15, 0.2) is 30.1 Å². The van der Waals surface area contributed by atoms with Gasteiger partial charge in [-0.3, -0.25) is 4.98 Å². The lowest BCUT2D eigenvalue weighted by Gasteiger charge is -2.08. The van der Waals surface area contributed by atoms with Crippen molar-refractivity contribution in [1.29, 1.82) is 0 Å². The van der Waals surface area contributed by atoms with Crippen LogP contribution >= 0.6 is 0 Å². The van der Waals surface area contributed by atoms with Crippen LogP contribution in [0.5, 0.6) is 0 Å². The van der Waals surface area contributed by atoms with E-state index in [-0.39, 0.29) is 0 Å². The molecule has 1 fully saturated rings. The molecule has 0 radical (unpaired) electrons. The Kier molecular flexibility index (Phi) is 3.38. The Labute approximate surface area is 91.4 Å². The molecule has 1 aliphatic rings. The van der Waals surface area contributed by atoms with E-state index in [0.29, 0.717) is 0 Å². The highest BCUT2D eigenvalue weighted by molar-refractivity contribution is 5.47. The van der Waals surface area contributed by atoms with Gasteiger partial charge in [-0.25, -0.2) is 0 Å². The van der Waals surface area contributed by atoms with Crippen molar-refractivity contribution in [3.05, 3.63) is 35.8 Å². The van der Waals surface area contributed by atoms with E-state index in [2.05, 4.69) is 23.3 Å². The maximum Gasteiger partial charge on any atom is 0.0646 e. The van der Waals surface area contributed by atoms with E-state index >= 15 is 0 Å². The molecule has 1 aliphatic heterocycles. The Balaban J connectivity index is 2.06. The number of rotatable bonds is 1. The van der Waals surface area contributed by atoms with Crippen molar-refractivity contribution in [2.45, 2.75) is 26.2 Å². The predicted molar refractivity (Wildman–Crippen MR) is 63.2 cm³/mol. The van der Waals surface area contributed by atoms with Crippen LogP contribution in [0.25, 0.3) is 6.08 Å². The molecule has 2 rings (SSSR count). The van der Waals surface area contributed by atoms with Gasteiger partial charge in [0, 0.05) is 18.4 Å². The van der Waals surface area contributed by atoms with Crippen LogP contribution < -0.4 is 5.32 Å². The van der Waals surface area contributed by atoms with Crippen molar-refractivity contribution >= 4 is 6.08 Å². The molecule has 2 heterocycles. The minimum absolute atomic E-state index is 0.791. The van der Waals surface area contributed by atoms with Crippen LogP contribution in [-0.2, 0) is 0 Å². The zero-order valence-corrected chi connectivity index (χ0v) is 9.24. The molecule has 1 saturated heterocycles. The van der Waals surface area contributed by atoms with Crippen LogP contribution in [0.2, 0.25) is 0 Å². The summed E-state index contributed by atoms with van der Waals surface area (Å²) in [5.41, 5.74) is 2.38. The van der Waals surface area contributed by atoms with Crippen molar-refractivity contribution < 1.29 is 0 Å². The van der Waals surface area contributed by atoms with E-state index in [9.17, 15) is 0 Å². The van der Waals surface area contributed by atoms with E-state index in [4.69, 9.17) is 0 Å². The Bertz CT molecular complexity index is 330. The van der Waals surface area contributed by atoms with E-state index in [1.54, 1.807) is 0 Å². The van der Waals surface area contributed by atoms with Gasteiger partial charge < -0.3 is 5.32 Å². The standard InChI is InChI=1S/C13H18N2/c1-11-5-4-7-13(15-10-11)9-12-6-2-3-8-14-12/h2-3,6,8-9,11,15H,4-5,7,10H2,1H3. The minimum atomic E-state index is 0.791. The number of hydrogen-bond donors (Lipinski definition) is 1. The lowest BCUT2D eigenvalue weighted by molar-refractivity contribution is 0.528. The van der Waals surface area contributed by atoms with Crippen LogP contribution in [0.3, 0.4) is 0 Å². The van der Waals surface area contributed by atoms with Crippen molar-refractivity contribution in [1.82, 2.24) is 10.3 Å². The number of nitrogens with zero attached hydrogens (tertiary/aromatic N) is 1. The van der Waals surface area contributed by atoms with E-state index in [1.807, 2.05) is 24.4 Å². The average Bonchev–Trinajstić information content (AvgIpc) is 2.46. The largest absolute Gasteiger partial charge is 0.388 e. The highest BCUT2D eigenvalue weighted by Crippen LogP contribution is 2.17. The molecule has 1 unspecified atom stereocenters. The van der Waals surface area contributed by atoms with Gasteiger partial charge in [-0.2, -0.15) is 0 Å². The number of aromatic nitrogens is 1. The Hall–Kier alpha value is -1.31. The monoisotopic (exact) mass is 202 g/mol. The Morgan fingerprint density at radius 2 is 2.40 bits per heavy atom. The third-order valence-electron chi connectivity index (χ3n) is 2.83. The molecular formula is C13H18N2. The molecule has 0 amide bonds. The molecule has 0 bridgehead atoms. The molecule has 2 heteroatoms. The zero-order chi connectivity index (χ0) is 10.5. The predicted octanol–water partition coefficient (Wildman–Crippen LogP) is 2.83. The lowest BCUT2D eigenvalue weighted by Crippen LogP contribution is -2.17. The van der Waals surface area contributed by atoms with Crippen molar-refractivity contribution in [2.24, 2.45) is 5.92 Å². The molecule has 80 valence electrons. The maximum absolute atomic E-state index is 4.31. The summed E-state index contributed by atoms with van der Waals surface area (Å²) in [6, 6.07) is 6.02. The molecule has 0 saturated carbocycles. The summed E-state index contributed by atoms with van der Waals surface area (Å²) in [7, 11) is 0. The fraction of sp³-hybridized carbons (Fsp3) is 0.462. The second kappa shape index (κ2) is 4.96. The van der Waals surface area contributed by atoms with E-state index in [0.717, 1.165) is 24.6 Å². The molecule has 0 aromatic carbocycles. The smallest absolute Gasteiger partial charge is 0.0646 e. The van der Waals surface area contributed by atoms with Crippen molar-refractivity contribution in [3.63, 3.8) is 0 Å². The summed E-state index contributed by atoms with van der Waals surface area (Å²) in [4.78, 5) is 4.31. The van der Waals surface area contributed by atoms with Gasteiger partial charge in [0.1, 0.15) is 0 Å². The summed E-state index contributed by atoms with van der Waals surface area (Å²) in [5, 5.41) is 3.50. The van der Waals surface area contributed by atoms with Crippen LogP contribution in [0, 0.1) is 5.92 Å². The first-order valence-corrected chi connectivity index (χ1v) is 5.70. The maximum atomic E-state index is 4.31. The molecule has 1 N–H and O–H groups in total. The average molecular weight is 202 g/mol. The topological polar surface area (TPSA) is 24.9 Å². The Morgan fingerprint density at radius 1 is 1.47 bits per heavy atom. The second-order valence-corrected chi connectivity index (χ2v) is 4.30. The third-order valence-corrected chi connectivity index (χ3v) is 2.83. The lowest BCUT2D eigenvalue weighted by atomic mass is 10.1. The molecule has 2 nitrogen and oxygen atoms in total. The highest BCUT2D eigenvalue weighted by Gasteiger charge is 2.09. The number of allylic oxidation sites excluding steroid dienone is 1. The van der Waals surface area contributed by atoms with Crippen LogP contribution in [-0.4, -0.2) is 11.5 Å². The third kappa shape index (κ3) is 3.08. The molecule has 1 aromatic rings. The highest BCUT2D eigenvalue weighted by atomic mass is 14.9. The molecule has 0 spiro atoms. The SMILES string of the molecule is CC1CCCC(=Cc2ccccn2)NC1. The summed E-state index contributed by atoms with van der Waals surface area (Å²) in [5.74, 6) is 0.791. The summed E-state index contributed by atoms with van der Waals surface area (Å²) in [6.45, 7) is 3.40. The van der Waals surface area contributed by atoms with Crippen LogP contribution in [0.4, 0.5) is 0 Å². The van der Waals surface area contributed by atoms with Gasteiger partial charge in [0.25, 0.3) is 0 Å². The molecule has 1 aromatic heterocycles. The normalized spacial score (nSPS) is 24.6. The zero-order valence-electron chi connectivity index (χ0n) is 9.24. The summed E-state index contributed by atoms with van der Waals surface area (Å²) in [6.07, 6.45) is 7.77. The molecular weight excluding hydrogens is 184 g/mol. The number of pyridine rings is 1. The van der Waals surface area contributed by atoms with Gasteiger partial charge >= 0.3 is 0 Å². The van der Waals surface area contributed by atoms with Gasteiger partial charge in [-0.05, 0) is 43.4 Å². The van der Waals surface area contributed by atoms with Gasteiger partial charge in [0.05, 0.1) is 5.69 Å². The Morgan fingerprint density at radius 3 is 3.20 bits per heavy atom. The van der Waals surface area contributed by atoms with Gasteiger partial charge in [-0.15, -0.1) is 0 Å².